The number of ether oxygens (including phenoxy) is 1. The predicted octanol–water partition coefficient (Wildman–Crippen LogP) is 7.96. The quantitative estimate of drug-likeness (QED) is 0.291. The van der Waals surface area contributed by atoms with Gasteiger partial charge in [-0.1, -0.05) is 49.5 Å². The third kappa shape index (κ3) is 5.43. The Morgan fingerprint density at radius 1 is 0.885 bits per heavy atom. The fourth-order valence-corrected chi connectivity index (χ4v) is 3.75. The lowest BCUT2D eigenvalue weighted by Crippen LogP contribution is -1.96. The first-order valence-electron chi connectivity index (χ1n) is 7.67. The Labute approximate surface area is 182 Å². The van der Waals surface area contributed by atoms with Crippen molar-refractivity contribution in [2.75, 3.05) is 0 Å². The van der Waals surface area contributed by atoms with Crippen LogP contribution in [-0.4, -0.2) is 6.21 Å². The SMILES string of the molecule is Clc1cc(N=Cc2ccc(OCc3ccc(Br)cc3Br)cc2)ccc1Br. The first-order chi connectivity index (χ1) is 12.5. The maximum absolute atomic E-state index is 6.08. The van der Waals surface area contributed by atoms with Crippen LogP contribution in [0.25, 0.3) is 0 Å². The van der Waals surface area contributed by atoms with Gasteiger partial charge in [0.25, 0.3) is 0 Å². The lowest BCUT2D eigenvalue weighted by Gasteiger charge is -2.08. The molecule has 0 radical (unpaired) electrons. The van der Waals surface area contributed by atoms with Crippen LogP contribution in [0.15, 0.2) is 79.1 Å². The van der Waals surface area contributed by atoms with Crippen molar-refractivity contribution in [3.05, 3.63) is 90.2 Å². The molecule has 0 saturated heterocycles. The van der Waals surface area contributed by atoms with Gasteiger partial charge in [-0.3, -0.25) is 4.99 Å². The molecule has 132 valence electrons. The molecule has 0 bridgehead atoms. The Kier molecular flexibility index (Phi) is 6.92. The second kappa shape index (κ2) is 9.18. The van der Waals surface area contributed by atoms with Crippen LogP contribution >= 0.6 is 59.4 Å². The summed E-state index contributed by atoms with van der Waals surface area (Å²) in [5.74, 6) is 0.809. The molecule has 0 atom stereocenters. The van der Waals surface area contributed by atoms with E-state index in [0.29, 0.717) is 11.6 Å². The minimum absolute atomic E-state index is 0.499. The molecule has 0 unspecified atom stereocenters. The van der Waals surface area contributed by atoms with E-state index in [2.05, 4.69) is 52.8 Å². The molecule has 2 nitrogen and oxygen atoms in total. The van der Waals surface area contributed by atoms with E-state index in [1.54, 1.807) is 6.21 Å². The second-order valence-corrected chi connectivity index (χ2v) is 8.48. The molecule has 0 aromatic heterocycles. The molecule has 0 N–H and O–H groups in total. The first-order valence-corrected chi connectivity index (χ1v) is 10.4. The monoisotopic (exact) mass is 555 g/mol. The summed E-state index contributed by atoms with van der Waals surface area (Å²) in [6.45, 7) is 0.499. The normalized spacial score (nSPS) is 11.1. The summed E-state index contributed by atoms with van der Waals surface area (Å²) in [5, 5.41) is 0.641. The molecule has 0 aliphatic heterocycles. The van der Waals surface area contributed by atoms with Gasteiger partial charge in [0.1, 0.15) is 12.4 Å². The predicted molar refractivity (Wildman–Crippen MR) is 119 cm³/mol. The highest BCUT2D eigenvalue weighted by Gasteiger charge is 2.02. The average Bonchev–Trinajstić information content (AvgIpc) is 2.63. The third-order valence-corrected chi connectivity index (χ3v) is 6.02. The number of hydrogen-bond acceptors (Lipinski definition) is 2. The van der Waals surface area contributed by atoms with Gasteiger partial charge in [-0.15, -0.1) is 0 Å². The Morgan fingerprint density at radius 3 is 2.35 bits per heavy atom. The number of aliphatic imine (C=N–C) groups is 1. The molecular weight excluding hydrogens is 545 g/mol. The largest absolute Gasteiger partial charge is 0.489 e. The zero-order chi connectivity index (χ0) is 18.5. The van der Waals surface area contributed by atoms with Crippen molar-refractivity contribution in [1.29, 1.82) is 0 Å². The second-order valence-electron chi connectivity index (χ2n) is 5.45. The van der Waals surface area contributed by atoms with E-state index < -0.39 is 0 Å². The zero-order valence-electron chi connectivity index (χ0n) is 13.4. The highest BCUT2D eigenvalue weighted by atomic mass is 79.9. The standard InChI is InChI=1S/C20H13Br3ClNO/c21-15-4-3-14(19(23)9-15)12-26-17-6-1-13(2-7-17)11-25-16-5-8-18(22)20(24)10-16/h1-11H,12H2. The van der Waals surface area contributed by atoms with Crippen LogP contribution in [0.1, 0.15) is 11.1 Å². The highest BCUT2D eigenvalue weighted by molar-refractivity contribution is 9.11. The highest BCUT2D eigenvalue weighted by Crippen LogP contribution is 2.27. The smallest absolute Gasteiger partial charge is 0.119 e. The number of rotatable bonds is 5. The van der Waals surface area contributed by atoms with Crippen LogP contribution in [0.4, 0.5) is 5.69 Å². The van der Waals surface area contributed by atoms with Crippen molar-refractivity contribution >= 4 is 71.3 Å². The van der Waals surface area contributed by atoms with Gasteiger partial charge in [0, 0.05) is 25.2 Å². The van der Waals surface area contributed by atoms with Gasteiger partial charge in [0.15, 0.2) is 0 Å². The van der Waals surface area contributed by atoms with Gasteiger partial charge < -0.3 is 4.74 Å². The maximum atomic E-state index is 6.08. The Balaban J connectivity index is 1.62. The van der Waals surface area contributed by atoms with E-state index in [1.807, 2.05) is 60.7 Å². The van der Waals surface area contributed by atoms with Crippen LogP contribution in [0.5, 0.6) is 5.75 Å². The maximum Gasteiger partial charge on any atom is 0.119 e. The zero-order valence-corrected chi connectivity index (χ0v) is 18.9. The number of benzene rings is 3. The minimum Gasteiger partial charge on any atom is -0.489 e. The summed E-state index contributed by atoms with van der Waals surface area (Å²) in [7, 11) is 0. The molecule has 3 aromatic rings. The fourth-order valence-electron chi connectivity index (χ4n) is 2.16. The topological polar surface area (TPSA) is 21.6 Å². The van der Waals surface area contributed by atoms with Crippen LogP contribution < -0.4 is 4.74 Å². The lowest BCUT2D eigenvalue weighted by molar-refractivity contribution is 0.305. The number of halogens is 4. The van der Waals surface area contributed by atoms with Gasteiger partial charge >= 0.3 is 0 Å². The molecule has 3 rings (SSSR count). The summed E-state index contributed by atoms with van der Waals surface area (Å²) < 4.78 is 8.75. The minimum atomic E-state index is 0.499. The molecule has 0 aliphatic carbocycles. The van der Waals surface area contributed by atoms with Gasteiger partial charge in [-0.05, 0) is 76.1 Å². The molecule has 0 spiro atoms. The van der Waals surface area contributed by atoms with Gasteiger partial charge in [-0.25, -0.2) is 0 Å². The van der Waals surface area contributed by atoms with Crippen LogP contribution in [0, 0.1) is 0 Å². The molecular formula is C20H13Br3ClNO. The van der Waals surface area contributed by atoms with Crippen LogP contribution in [0.2, 0.25) is 5.02 Å². The van der Waals surface area contributed by atoms with E-state index in [1.165, 1.54) is 0 Å². The number of nitrogens with zero attached hydrogens (tertiary/aromatic N) is 1. The molecule has 6 heteroatoms. The summed E-state index contributed by atoms with van der Waals surface area (Å²) in [5.41, 5.74) is 2.88. The Morgan fingerprint density at radius 2 is 1.65 bits per heavy atom. The van der Waals surface area contributed by atoms with E-state index in [-0.39, 0.29) is 0 Å². The van der Waals surface area contributed by atoms with E-state index in [4.69, 9.17) is 16.3 Å². The summed E-state index contributed by atoms with van der Waals surface area (Å²) in [6, 6.07) is 19.4. The average molecular weight is 558 g/mol. The molecule has 0 saturated carbocycles. The summed E-state index contributed by atoms with van der Waals surface area (Å²) in [4.78, 5) is 4.44. The van der Waals surface area contributed by atoms with E-state index in [9.17, 15) is 0 Å². The van der Waals surface area contributed by atoms with Gasteiger partial charge in [-0.2, -0.15) is 0 Å². The lowest BCUT2D eigenvalue weighted by atomic mass is 10.2. The van der Waals surface area contributed by atoms with Crippen LogP contribution in [-0.2, 0) is 6.61 Å². The van der Waals surface area contributed by atoms with Gasteiger partial charge in [0.2, 0.25) is 0 Å². The summed E-state index contributed by atoms with van der Waals surface area (Å²) >= 11 is 16.4. The molecule has 0 fully saturated rings. The van der Waals surface area contributed by atoms with Crippen molar-refractivity contribution in [2.45, 2.75) is 6.61 Å². The van der Waals surface area contributed by atoms with Crippen molar-refractivity contribution < 1.29 is 4.74 Å². The van der Waals surface area contributed by atoms with E-state index in [0.717, 1.165) is 36.0 Å². The van der Waals surface area contributed by atoms with E-state index >= 15 is 0 Å². The van der Waals surface area contributed by atoms with Crippen LogP contribution in [0.3, 0.4) is 0 Å². The number of hydrogen-bond donors (Lipinski definition) is 0. The molecule has 0 heterocycles. The fraction of sp³-hybridized carbons (Fsp3) is 0.0500. The van der Waals surface area contributed by atoms with Gasteiger partial charge in [0.05, 0.1) is 10.7 Å². The molecule has 0 aliphatic rings. The van der Waals surface area contributed by atoms with Crippen molar-refractivity contribution in [2.24, 2.45) is 4.99 Å². The Bertz CT molecular complexity index is 942. The van der Waals surface area contributed by atoms with Crippen molar-refractivity contribution in [1.82, 2.24) is 0 Å². The molecule has 3 aromatic carbocycles. The third-order valence-electron chi connectivity index (χ3n) is 3.56. The van der Waals surface area contributed by atoms with Crippen molar-refractivity contribution in [3.8, 4) is 5.75 Å². The summed E-state index contributed by atoms with van der Waals surface area (Å²) in [6.07, 6.45) is 1.80. The molecule has 0 amide bonds. The molecule has 26 heavy (non-hydrogen) atoms. The first kappa shape index (κ1) is 19.6. The Hall–Kier alpha value is -1.14. The van der Waals surface area contributed by atoms with Crippen molar-refractivity contribution in [3.63, 3.8) is 0 Å².